The minimum absolute atomic E-state index is 0.0640. The normalized spacial score (nSPS) is 10.9. The Hall–Kier alpha value is -3.08. The highest BCUT2D eigenvalue weighted by atomic mass is 16.5. The van der Waals surface area contributed by atoms with Gasteiger partial charge in [-0.2, -0.15) is 0 Å². The molecule has 1 aromatic heterocycles. The van der Waals surface area contributed by atoms with Gasteiger partial charge < -0.3 is 14.5 Å². The molecule has 0 fully saturated rings. The number of rotatable bonds is 7. The monoisotopic (exact) mass is 393 g/mol. The lowest BCUT2D eigenvalue weighted by Gasteiger charge is -2.14. The number of carbonyl (C=O) groups is 2. The third-order valence-electron chi connectivity index (χ3n) is 5.23. The average molecular weight is 393 g/mol. The van der Waals surface area contributed by atoms with Crippen molar-refractivity contribution < 1.29 is 18.7 Å². The zero-order valence-corrected chi connectivity index (χ0v) is 17.4. The molecule has 3 aromatic rings. The van der Waals surface area contributed by atoms with Gasteiger partial charge in [0, 0.05) is 16.6 Å². The Labute approximate surface area is 171 Å². The molecule has 0 atom stereocenters. The maximum Gasteiger partial charge on any atom is 0.310 e. The summed E-state index contributed by atoms with van der Waals surface area (Å²) in [4.78, 5) is 24.6. The van der Waals surface area contributed by atoms with Crippen LogP contribution in [0.4, 0.5) is 5.69 Å². The van der Waals surface area contributed by atoms with Crippen LogP contribution in [0.25, 0.3) is 11.0 Å². The first-order valence-electron chi connectivity index (χ1n) is 9.96. The first-order chi connectivity index (χ1) is 13.9. The first kappa shape index (κ1) is 20.6. The molecule has 3 rings (SSSR count). The van der Waals surface area contributed by atoms with E-state index in [0.29, 0.717) is 0 Å². The highest BCUT2D eigenvalue weighted by molar-refractivity contribution is 5.94. The van der Waals surface area contributed by atoms with Crippen LogP contribution >= 0.6 is 0 Å². The van der Waals surface area contributed by atoms with Crippen LogP contribution in [0.1, 0.15) is 41.7 Å². The summed E-state index contributed by atoms with van der Waals surface area (Å²) in [5, 5.41) is 3.81. The molecule has 0 saturated heterocycles. The molecule has 0 aliphatic rings. The van der Waals surface area contributed by atoms with E-state index >= 15 is 0 Å². The number of esters is 1. The molecule has 0 bridgehead atoms. The zero-order chi connectivity index (χ0) is 21.0. The summed E-state index contributed by atoms with van der Waals surface area (Å²) in [5.74, 6) is -0.793. The Bertz CT molecular complexity index is 1030. The van der Waals surface area contributed by atoms with Crippen LogP contribution in [0.3, 0.4) is 0 Å². The van der Waals surface area contributed by atoms with E-state index in [2.05, 4.69) is 5.32 Å². The van der Waals surface area contributed by atoms with E-state index in [9.17, 15) is 9.59 Å². The molecule has 5 nitrogen and oxygen atoms in total. The summed E-state index contributed by atoms with van der Waals surface area (Å²) in [5.41, 5.74) is 6.74. The van der Waals surface area contributed by atoms with E-state index in [1.165, 1.54) is 0 Å². The highest BCUT2D eigenvalue weighted by Gasteiger charge is 2.15. The van der Waals surface area contributed by atoms with Gasteiger partial charge in [0.15, 0.2) is 6.61 Å². The molecule has 152 valence electrons. The molecular formula is C24H27NO4. The molecule has 0 unspecified atom stereocenters. The molecular weight excluding hydrogens is 366 g/mol. The molecule has 0 aliphatic carbocycles. The summed E-state index contributed by atoms with van der Waals surface area (Å²) in [6, 6.07) is 9.95. The Morgan fingerprint density at radius 3 is 2.31 bits per heavy atom. The van der Waals surface area contributed by atoms with Crippen molar-refractivity contribution in [2.24, 2.45) is 0 Å². The van der Waals surface area contributed by atoms with E-state index in [1.807, 2.05) is 58.0 Å². The Kier molecular flexibility index (Phi) is 6.37. The summed E-state index contributed by atoms with van der Waals surface area (Å²) < 4.78 is 10.8. The smallest absolute Gasteiger partial charge is 0.310 e. The third kappa shape index (κ3) is 4.67. The zero-order valence-electron chi connectivity index (χ0n) is 17.4. The van der Waals surface area contributed by atoms with E-state index in [-0.39, 0.29) is 18.9 Å². The molecule has 1 heterocycles. The number of ether oxygens (including phenoxy) is 1. The van der Waals surface area contributed by atoms with Crippen molar-refractivity contribution in [3.8, 4) is 0 Å². The van der Waals surface area contributed by atoms with Crippen LogP contribution in [0.5, 0.6) is 0 Å². The van der Waals surface area contributed by atoms with Crippen molar-refractivity contribution >= 4 is 28.5 Å². The SMILES string of the molecule is CCc1cccc(CC)c1NC(=O)COC(=O)Cc1coc2cc(C)c(C)cc12. The number of hydrogen-bond acceptors (Lipinski definition) is 4. The van der Waals surface area contributed by atoms with Gasteiger partial charge in [-0.15, -0.1) is 0 Å². The minimum Gasteiger partial charge on any atom is -0.464 e. The largest absolute Gasteiger partial charge is 0.464 e. The summed E-state index contributed by atoms with van der Waals surface area (Å²) in [6.07, 6.45) is 3.27. The van der Waals surface area contributed by atoms with Gasteiger partial charge in [-0.25, -0.2) is 0 Å². The van der Waals surface area contributed by atoms with Gasteiger partial charge in [-0.3, -0.25) is 9.59 Å². The predicted octanol–water partition coefficient (Wildman–Crippen LogP) is 4.90. The molecule has 29 heavy (non-hydrogen) atoms. The van der Waals surface area contributed by atoms with Gasteiger partial charge in [0.05, 0.1) is 12.7 Å². The molecule has 0 radical (unpaired) electrons. The number of hydrogen-bond donors (Lipinski definition) is 1. The van der Waals surface area contributed by atoms with E-state index < -0.39 is 5.97 Å². The van der Waals surface area contributed by atoms with Crippen molar-refractivity contribution in [2.75, 3.05) is 11.9 Å². The van der Waals surface area contributed by atoms with Gasteiger partial charge in [0.25, 0.3) is 5.91 Å². The fourth-order valence-electron chi connectivity index (χ4n) is 3.40. The summed E-state index contributed by atoms with van der Waals surface area (Å²) in [6.45, 7) is 7.82. The topological polar surface area (TPSA) is 68.5 Å². The third-order valence-corrected chi connectivity index (χ3v) is 5.23. The van der Waals surface area contributed by atoms with E-state index in [1.54, 1.807) is 6.26 Å². The van der Waals surface area contributed by atoms with E-state index in [4.69, 9.17) is 9.15 Å². The Morgan fingerprint density at radius 2 is 1.66 bits per heavy atom. The summed E-state index contributed by atoms with van der Waals surface area (Å²) >= 11 is 0. The first-order valence-corrected chi connectivity index (χ1v) is 9.96. The second kappa shape index (κ2) is 8.95. The molecule has 2 aromatic carbocycles. The number of anilines is 1. The number of fused-ring (bicyclic) bond motifs is 1. The lowest BCUT2D eigenvalue weighted by Crippen LogP contribution is -2.22. The molecule has 1 amide bonds. The van der Waals surface area contributed by atoms with Crippen LogP contribution in [-0.2, 0) is 33.6 Å². The predicted molar refractivity (Wildman–Crippen MR) is 114 cm³/mol. The number of nitrogens with one attached hydrogen (secondary N) is 1. The van der Waals surface area contributed by atoms with Crippen molar-refractivity contribution in [3.05, 3.63) is 64.4 Å². The van der Waals surface area contributed by atoms with E-state index in [0.717, 1.165) is 57.3 Å². The fraction of sp³-hybridized carbons (Fsp3) is 0.333. The number of carbonyl (C=O) groups excluding carboxylic acids is 2. The second-order valence-corrected chi connectivity index (χ2v) is 7.24. The molecule has 1 N–H and O–H groups in total. The lowest BCUT2D eigenvalue weighted by atomic mass is 10.0. The number of furan rings is 1. The average Bonchev–Trinajstić information content (AvgIpc) is 3.08. The highest BCUT2D eigenvalue weighted by Crippen LogP contribution is 2.25. The Balaban J connectivity index is 1.62. The fourth-order valence-corrected chi connectivity index (χ4v) is 3.40. The van der Waals surface area contributed by atoms with Gasteiger partial charge in [-0.1, -0.05) is 32.0 Å². The Morgan fingerprint density at radius 1 is 1.00 bits per heavy atom. The standard InChI is InChI=1S/C24H27NO4/c1-5-17-8-7-9-18(6-2)24(17)25-22(26)14-29-23(27)12-19-13-28-21-11-16(4)15(3)10-20(19)21/h7-11,13H,5-6,12,14H2,1-4H3,(H,25,26). The van der Waals surface area contributed by atoms with Crippen molar-refractivity contribution in [3.63, 3.8) is 0 Å². The van der Waals surface area contributed by atoms with Crippen LogP contribution < -0.4 is 5.32 Å². The summed E-state index contributed by atoms with van der Waals surface area (Å²) in [7, 11) is 0. The van der Waals surface area contributed by atoms with Crippen molar-refractivity contribution in [1.82, 2.24) is 0 Å². The van der Waals surface area contributed by atoms with Crippen LogP contribution in [-0.4, -0.2) is 18.5 Å². The second-order valence-electron chi connectivity index (χ2n) is 7.24. The van der Waals surface area contributed by atoms with Crippen molar-refractivity contribution in [1.29, 1.82) is 0 Å². The number of para-hydroxylation sites is 1. The quantitative estimate of drug-likeness (QED) is 0.580. The maximum absolute atomic E-state index is 12.3. The molecule has 5 heteroatoms. The van der Waals surface area contributed by atoms with Gasteiger partial charge in [-0.05, 0) is 61.1 Å². The van der Waals surface area contributed by atoms with Crippen LogP contribution in [0.15, 0.2) is 41.0 Å². The molecule has 0 aliphatic heterocycles. The number of benzene rings is 2. The van der Waals surface area contributed by atoms with Crippen LogP contribution in [0, 0.1) is 13.8 Å². The van der Waals surface area contributed by atoms with Gasteiger partial charge in [0.2, 0.25) is 0 Å². The van der Waals surface area contributed by atoms with Crippen LogP contribution in [0.2, 0.25) is 0 Å². The number of amides is 1. The lowest BCUT2D eigenvalue weighted by molar-refractivity contribution is -0.146. The van der Waals surface area contributed by atoms with Gasteiger partial charge >= 0.3 is 5.97 Å². The van der Waals surface area contributed by atoms with Gasteiger partial charge in [0.1, 0.15) is 5.58 Å². The number of aryl methyl sites for hydroxylation is 4. The molecule has 0 spiro atoms. The maximum atomic E-state index is 12.3. The molecule has 0 saturated carbocycles. The van der Waals surface area contributed by atoms with Crippen molar-refractivity contribution in [2.45, 2.75) is 47.0 Å². The minimum atomic E-state index is -0.458.